The Hall–Kier alpha value is -3.75. The zero-order chi connectivity index (χ0) is 44.1. The molecule has 6 N–H and O–H groups in total. The number of sulfonamides is 1. The van der Waals surface area contributed by atoms with Crippen molar-refractivity contribution in [2.24, 2.45) is 17.0 Å². The molecule has 0 radical (unpaired) electrons. The molecular formula is C47H64N2O9S2. The summed E-state index contributed by atoms with van der Waals surface area (Å²) in [6.45, 7) is 14.0. The quantitative estimate of drug-likeness (QED) is 0.101. The number of anilines is 1. The molecule has 4 aromatic rings. The first-order valence-electron chi connectivity index (χ1n) is 21.3. The molecule has 2 aromatic heterocycles. The second-order valence-corrected chi connectivity index (χ2v) is 22.1. The van der Waals surface area contributed by atoms with E-state index in [1.54, 1.807) is 27.7 Å². The minimum absolute atomic E-state index is 0.146. The fraction of sp³-hybridized carbons (Fsp3) is 0.553. The lowest BCUT2D eigenvalue weighted by Crippen LogP contribution is -2.20. The van der Waals surface area contributed by atoms with E-state index in [4.69, 9.17) is 19.7 Å². The maximum atomic E-state index is 13.0. The Morgan fingerprint density at radius 3 is 1.65 bits per heavy atom. The van der Waals surface area contributed by atoms with Crippen molar-refractivity contribution in [3.05, 3.63) is 98.0 Å². The van der Waals surface area contributed by atoms with Crippen molar-refractivity contribution in [1.29, 1.82) is 0 Å². The standard InChI is InChI=1S/C25H32O5S.C14H19N.C8H13NO4S/c1-15(17-8-9-17)20-11-10-18-6-5-7-21(18)22(20)12-19(26)14-31(28,29)24-13-23(16(2)30-24)25(3,4)27;1-9(10-5-6-10)12-8-7-11-3-2-4-13(11)14(12)15;1-5-6(8(2,3)10)4-7(13-5)14(9,11)12/h10-11,13,15,17,27H,5-9,12,14H2,1-4H3;7-10H,2-6,15H2,1H3;4,10H,1-3H3,(H2,9,11,12)/t15-;9-;/m00./s1. The monoisotopic (exact) mass is 864 g/mol. The summed E-state index contributed by atoms with van der Waals surface area (Å²) in [6, 6.07) is 11.5. The van der Waals surface area contributed by atoms with Gasteiger partial charge in [0.2, 0.25) is 20.0 Å². The van der Waals surface area contributed by atoms with Crippen LogP contribution in [0.25, 0.3) is 0 Å². The molecule has 11 nitrogen and oxygen atoms in total. The largest absolute Gasteiger partial charge is 0.450 e. The number of furan rings is 2. The number of primary sulfonamides is 1. The van der Waals surface area contributed by atoms with E-state index in [0.29, 0.717) is 40.4 Å². The van der Waals surface area contributed by atoms with Gasteiger partial charge in [0, 0.05) is 35.4 Å². The van der Waals surface area contributed by atoms with Crippen LogP contribution >= 0.6 is 0 Å². The summed E-state index contributed by atoms with van der Waals surface area (Å²) in [5, 5.41) is 24.2. The van der Waals surface area contributed by atoms with Crippen LogP contribution in [-0.2, 0) is 68.0 Å². The summed E-state index contributed by atoms with van der Waals surface area (Å²) in [5.41, 5.74) is 15.1. The number of hydrogen-bond acceptors (Lipinski definition) is 10. The van der Waals surface area contributed by atoms with Gasteiger partial charge < -0.3 is 24.8 Å². The van der Waals surface area contributed by atoms with Gasteiger partial charge in [-0.3, -0.25) is 4.79 Å². The topological polar surface area (TPSA) is 204 Å². The normalized spacial score (nSPS) is 17.5. The smallest absolute Gasteiger partial charge is 0.271 e. The van der Waals surface area contributed by atoms with E-state index in [-0.39, 0.29) is 22.4 Å². The highest BCUT2D eigenvalue weighted by molar-refractivity contribution is 7.92. The van der Waals surface area contributed by atoms with Crippen LogP contribution in [0.1, 0.15) is 153 Å². The number of nitrogens with two attached hydrogens (primary N) is 2. The minimum Gasteiger partial charge on any atom is -0.450 e. The lowest BCUT2D eigenvalue weighted by Gasteiger charge is -2.19. The van der Waals surface area contributed by atoms with Crippen molar-refractivity contribution < 1.29 is 40.7 Å². The van der Waals surface area contributed by atoms with E-state index >= 15 is 0 Å². The minimum atomic E-state index is -3.92. The van der Waals surface area contributed by atoms with E-state index in [9.17, 15) is 31.8 Å². The summed E-state index contributed by atoms with van der Waals surface area (Å²) >= 11 is 0. The van der Waals surface area contributed by atoms with Gasteiger partial charge in [-0.15, -0.1) is 0 Å². The van der Waals surface area contributed by atoms with Crippen LogP contribution in [0, 0.1) is 25.7 Å². The fourth-order valence-corrected chi connectivity index (χ4v) is 10.9. The molecule has 0 bridgehead atoms. The van der Waals surface area contributed by atoms with Crippen LogP contribution in [0.4, 0.5) is 5.69 Å². The zero-order valence-corrected chi connectivity index (χ0v) is 38.1. The molecule has 0 aliphatic heterocycles. The first-order valence-corrected chi connectivity index (χ1v) is 24.5. The molecule has 60 heavy (non-hydrogen) atoms. The van der Waals surface area contributed by atoms with Gasteiger partial charge in [-0.2, -0.15) is 0 Å². The number of sulfone groups is 1. The maximum Gasteiger partial charge on any atom is 0.271 e. The molecule has 328 valence electrons. The lowest BCUT2D eigenvalue weighted by molar-refractivity contribution is -0.116. The molecule has 13 heteroatoms. The number of carbonyl (C=O) groups is 1. The average Bonchev–Trinajstić information content (AvgIpc) is 3.95. The van der Waals surface area contributed by atoms with Crippen LogP contribution in [0.5, 0.6) is 0 Å². The van der Waals surface area contributed by atoms with Crippen LogP contribution in [0.3, 0.4) is 0 Å². The number of ketones is 1. The van der Waals surface area contributed by atoms with E-state index in [1.165, 1.54) is 104 Å². The van der Waals surface area contributed by atoms with Gasteiger partial charge in [0.1, 0.15) is 17.3 Å². The third-order valence-electron chi connectivity index (χ3n) is 12.9. The third-order valence-corrected chi connectivity index (χ3v) is 15.1. The van der Waals surface area contributed by atoms with Gasteiger partial charge in [-0.1, -0.05) is 38.1 Å². The highest BCUT2D eigenvalue weighted by atomic mass is 32.2. The number of rotatable bonds is 12. The number of nitrogen functional groups attached to an aromatic ring is 1. The third kappa shape index (κ3) is 10.5. The van der Waals surface area contributed by atoms with Crippen molar-refractivity contribution in [2.75, 3.05) is 11.5 Å². The molecule has 0 spiro atoms. The Morgan fingerprint density at radius 2 is 1.18 bits per heavy atom. The van der Waals surface area contributed by atoms with Crippen molar-refractivity contribution in [3.63, 3.8) is 0 Å². The first kappa shape index (κ1) is 45.8. The molecule has 2 aromatic carbocycles. The van der Waals surface area contributed by atoms with E-state index < -0.39 is 36.8 Å². The number of fused-ring (bicyclic) bond motifs is 2. The molecule has 0 amide bonds. The fourth-order valence-electron chi connectivity index (χ4n) is 9.16. The van der Waals surface area contributed by atoms with Gasteiger partial charge >= 0.3 is 0 Å². The summed E-state index contributed by atoms with van der Waals surface area (Å²) in [6.07, 6.45) is 12.2. The number of aryl methyl sites for hydroxylation is 4. The summed E-state index contributed by atoms with van der Waals surface area (Å²) in [4.78, 5) is 13.0. The Labute approximate surface area is 356 Å². The molecule has 4 aliphatic rings. The number of aliphatic hydroxyl groups is 2. The lowest BCUT2D eigenvalue weighted by atomic mass is 9.86. The van der Waals surface area contributed by atoms with E-state index in [1.807, 2.05) is 0 Å². The summed E-state index contributed by atoms with van der Waals surface area (Å²) in [5.74, 6) is 2.44. The predicted octanol–water partition coefficient (Wildman–Crippen LogP) is 8.14. The van der Waals surface area contributed by atoms with Crippen LogP contribution in [0.2, 0.25) is 0 Å². The van der Waals surface area contributed by atoms with E-state index in [0.717, 1.165) is 36.4 Å². The van der Waals surface area contributed by atoms with Gasteiger partial charge in [0.15, 0.2) is 5.78 Å². The summed E-state index contributed by atoms with van der Waals surface area (Å²) < 4.78 is 58.0. The average molecular weight is 865 g/mol. The van der Waals surface area contributed by atoms with Crippen molar-refractivity contribution in [1.82, 2.24) is 0 Å². The Morgan fingerprint density at radius 1 is 0.733 bits per heavy atom. The second kappa shape index (κ2) is 17.2. The van der Waals surface area contributed by atoms with Gasteiger partial charge in [0.25, 0.3) is 10.0 Å². The molecule has 0 saturated heterocycles. The zero-order valence-electron chi connectivity index (χ0n) is 36.5. The number of hydrogen-bond donors (Lipinski definition) is 4. The molecule has 2 atom stereocenters. The molecule has 0 unspecified atom stereocenters. The van der Waals surface area contributed by atoms with Crippen LogP contribution in [-0.4, -0.2) is 38.6 Å². The van der Waals surface area contributed by atoms with Crippen molar-refractivity contribution in [2.45, 2.75) is 159 Å². The number of carbonyl (C=O) groups excluding carboxylic acids is 1. The van der Waals surface area contributed by atoms with Crippen molar-refractivity contribution >= 4 is 31.3 Å². The maximum absolute atomic E-state index is 13.0. The Balaban J connectivity index is 0.000000172. The van der Waals surface area contributed by atoms with Gasteiger partial charge in [-0.25, -0.2) is 22.0 Å². The molecular weight excluding hydrogens is 801 g/mol. The molecule has 2 saturated carbocycles. The van der Waals surface area contributed by atoms with Gasteiger partial charge in [0.05, 0.1) is 11.2 Å². The molecule has 4 aliphatic carbocycles. The molecule has 2 fully saturated rings. The SMILES string of the molecule is C[C@H](c1ccc2c(c1N)CCC2)C1CC1.Cc1oc(S(=O)(=O)CC(=O)Cc2c([C@@H](C)C3CC3)ccc3c2CCC3)cc1C(C)(C)O.Cc1oc(S(N)(=O)=O)cc1C(C)(C)O. The number of benzene rings is 2. The van der Waals surface area contributed by atoms with Crippen molar-refractivity contribution in [3.8, 4) is 0 Å². The molecule has 2 heterocycles. The highest BCUT2D eigenvalue weighted by Crippen LogP contribution is 2.46. The predicted molar refractivity (Wildman–Crippen MR) is 233 cm³/mol. The second-order valence-electron chi connectivity index (χ2n) is 18.6. The van der Waals surface area contributed by atoms with E-state index in [2.05, 4.69) is 38.1 Å². The van der Waals surface area contributed by atoms with Gasteiger partial charge in [-0.05, 0) is 168 Å². The number of Topliss-reactive ketones (excluding diaryl/α,β-unsaturated/α-hetero) is 1. The molecule has 8 rings (SSSR count). The van der Waals surface area contributed by atoms with Crippen LogP contribution < -0.4 is 10.9 Å². The Kier molecular flexibility index (Phi) is 13.1. The first-order chi connectivity index (χ1) is 27.9. The summed E-state index contributed by atoms with van der Waals surface area (Å²) in [7, 11) is -7.76. The highest BCUT2D eigenvalue weighted by Gasteiger charge is 2.34. The Bertz CT molecular complexity index is 2460. The van der Waals surface area contributed by atoms with Crippen LogP contribution in [0.15, 0.2) is 55.4 Å².